The molecule has 3 N–H and O–H groups in total. The van der Waals surface area contributed by atoms with Gasteiger partial charge in [0.25, 0.3) is 0 Å². The van der Waals surface area contributed by atoms with Crippen LogP contribution < -0.4 is 11.2 Å². The maximum Gasteiger partial charge on any atom is 0.235 e. The molecule has 0 aliphatic heterocycles. The highest BCUT2D eigenvalue weighted by Crippen LogP contribution is 2.37. The van der Waals surface area contributed by atoms with Crippen molar-refractivity contribution >= 4 is 34.0 Å². The average molecular weight is 439 g/mol. The van der Waals surface area contributed by atoms with Gasteiger partial charge in [0.2, 0.25) is 11.1 Å². The van der Waals surface area contributed by atoms with Gasteiger partial charge in [-0.15, -0.1) is 21.5 Å². The Labute approximate surface area is 183 Å². The average Bonchev–Trinajstić information content (AvgIpc) is 3.17. The molecule has 4 rings (SSSR count). The van der Waals surface area contributed by atoms with Crippen LogP contribution in [0.5, 0.6) is 0 Å². The molecule has 1 aromatic carbocycles. The number of nitrogens with two attached hydrogens (primary N) is 1. The molecule has 7 nitrogen and oxygen atoms in total. The molecular formula is C21H22N6OS2. The normalized spacial score (nSPS) is 13.3. The minimum atomic E-state index is -0.187. The molecule has 154 valence electrons. The zero-order valence-electron chi connectivity index (χ0n) is 16.6. The lowest BCUT2D eigenvalue weighted by atomic mass is 10.1. The highest BCUT2D eigenvalue weighted by Gasteiger charge is 2.21. The first-order valence-electron chi connectivity index (χ1n) is 9.81. The van der Waals surface area contributed by atoms with E-state index in [1.807, 2.05) is 31.2 Å². The maximum atomic E-state index is 12.5. The topological polar surface area (TPSA) is 110 Å². The van der Waals surface area contributed by atoms with Crippen LogP contribution in [-0.4, -0.2) is 26.5 Å². The standard InChI is InChI=1S/C21H22N6OS2/c1-13-7-9-14(10-8-13)19-25-26-21(27(19)23)29-12-18(28)24-20-16(11-22)15-5-3-2-4-6-17(15)30-20/h7-10H,2-6,12,23H2,1H3,(H,24,28). The number of benzene rings is 1. The van der Waals surface area contributed by atoms with Crippen molar-refractivity contribution in [3.8, 4) is 17.5 Å². The summed E-state index contributed by atoms with van der Waals surface area (Å²) in [4.78, 5) is 13.8. The number of thiophene rings is 1. The van der Waals surface area contributed by atoms with E-state index in [2.05, 4.69) is 21.6 Å². The SMILES string of the molecule is Cc1ccc(-c2nnc(SCC(=O)Nc3sc4c(c3C#N)CCCCC4)n2N)cc1. The quantitative estimate of drug-likeness (QED) is 0.355. The third kappa shape index (κ3) is 4.20. The Bertz CT molecular complexity index is 1110. The third-order valence-corrected chi connectivity index (χ3v) is 7.24. The van der Waals surface area contributed by atoms with Crippen LogP contribution in [0.25, 0.3) is 11.4 Å². The highest BCUT2D eigenvalue weighted by molar-refractivity contribution is 7.99. The number of fused-ring (bicyclic) bond motifs is 1. The Morgan fingerprint density at radius 3 is 2.80 bits per heavy atom. The fourth-order valence-electron chi connectivity index (χ4n) is 3.52. The number of nitrogens with zero attached hydrogens (tertiary/aromatic N) is 4. The summed E-state index contributed by atoms with van der Waals surface area (Å²) in [6.07, 6.45) is 5.32. The number of carbonyl (C=O) groups is 1. The second-order valence-corrected chi connectivity index (χ2v) is 9.31. The van der Waals surface area contributed by atoms with E-state index in [1.165, 1.54) is 39.1 Å². The van der Waals surface area contributed by atoms with Crippen molar-refractivity contribution in [3.63, 3.8) is 0 Å². The molecule has 2 heterocycles. The van der Waals surface area contributed by atoms with E-state index in [0.717, 1.165) is 42.4 Å². The first-order chi connectivity index (χ1) is 14.6. The molecule has 0 atom stereocenters. The zero-order valence-corrected chi connectivity index (χ0v) is 18.3. The van der Waals surface area contributed by atoms with Gasteiger partial charge in [-0.3, -0.25) is 4.79 Å². The van der Waals surface area contributed by atoms with E-state index in [4.69, 9.17) is 5.84 Å². The summed E-state index contributed by atoms with van der Waals surface area (Å²) in [5.41, 5.74) is 3.76. The van der Waals surface area contributed by atoms with Crippen LogP contribution in [-0.2, 0) is 17.6 Å². The van der Waals surface area contributed by atoms with E-state index in [0.29, 0.717) is 21.5 Å². The number of carbonyl (C=O) groups excluding carboxylic acids is 1. The van der Waals surface area contributed by atoms with Gasteiger partial charge in [-0.2, -0.15) is 5.26 Å². The second kappa shape index (κ2) is 8.90. The monoisotopic (exact) mass is 438 g/mol. The van der Waals surface area contributed by atoms with Crippen LogP contribution in [0.3, 0.4) is 0 Å². The van der Waals surface area contributed by atoms with Crippen LogP contribution in [0.2, 0.25) is 0 Å². The largest absolute Gasteiger partial charge is 0.335 e. The van der Waals surface area contributed by atoms with Gasteiger partial charge in [0.1, 0.15) is 11.1 Å². The molecule has 1 aliphatic carbocycles. The van der Waals surface area contributed by atoms with E-state index in [1.54, 1.807) is 0 Å². The van der Waals surface area contributed by atoms with Crippen molar-refractivity contribution in [1.29, 1.82) is 5.26 Å². The lowest BCUT2D eigenvalue weighted by molar-refractivity contribution is -0.113. The number of anilines is 1. The first-order valence-corrected chi connectivity index (χ1v) is 11.6. The van der Waals surface area contributed by atoms with Gasteiger partial charge in [-0.1, -0.05) is 48.0 Å². The Hall–Kier alpha value is -2.83. The van der Waals surface area contributed by atoms with E-state index in [-0.39, 0.29) is 11.7 Å². The summed E-state index contributed by atoms with van der Waals surface area (Å²) >= 11 is 2.75. The van der Waals surface area contributed by atoms with Crippen molar-refractivity contribution in [2.45, 2.75) is 44.2 Å². The molecule has 30 heavy (non-hydrogen) atoms. The number of amides is 1. The van der Waals surface area contributed by atoms with Crippen molar-refractivity contribution < 1.29 is 4.79 Å². The van der Waals surface area contributed by atoms with Crippen molar-refractivity contribution in [3.05, 3.63) is 45.8 Å². The maximum absolute atomic E-state index is 12.5. The second-order valence-electron chi connectivity index (χ2n) is 7.26. The van der Waals surface area contributed by atoms with Crippen molar-refractivity contribution in [1.82, 2.24) is 14.9 Å². The summed E-state index contributed by atoms with van der Waals surface area (Å²) in [6, 6.07) is 10.1. The summed E-state index contributed by atoms with van der Waals surface area (Å²) < 4.78 is 1.40. The minimum Gasteiger partial charge on any atom is -0.335 e. The summed E-state index contributed by atoms with van der Waals surface area (Å²) in [5.74, 6) is 6.63. The molecular weight excluding hydrogens is 416 g/mol. The van der Waals surface area contributed by atoms with Crippen LogP contribution in [0, 0.1) is 18.3 Å². The van der Waals surface area contributed by atoms with E-state index in [9.17, 15) is 10.1 Å². The molecule has 3 aromatic rings. The van der Waals surface area contributed by atoms with Crippen LogP contribution >= 0.6 is 23.1 Å². The lowest BCUT2D eigenvalue weighted by Crippen LogP contribution is -2.16. The van der Waals surface area contributed by atoms with Crippen LogP contribution in [0.15, 0.2) is 29.4 Å². The molecule has 1 aliphatic rings. The Balaban J connectivity index is 1.43. The Kier molecular flexibility index (Phi) is 6.06. The van der Waals surface area contributed by atoms with Crippen molar-refractivity contribution in [2.24, 2.45) is 0 Å². The van der Waals surface area contributed by atoms with Gasteiger partial charge in [-0.05, 0) is 38.2 Å². The zero-order chi connectivity index (χ0) is 21.1. The molecule has 0 saturated heterocycles. The number of aryl methyl sites for hydroxylation is 2. The van der Waals surface area contributed by atoms with Crippen molar-refractivity contribution in [2.75, 3.05) is 16.9 Å². The predicted octanol–water partition coefficient (Wildman–Crippen LogP) is 3.90. The number of hydrogen-bond donors (Lipinski definition) is 2. The molecule has 0 fully saturated rings. The number of nitrogen functional groups attached to an aromatic ring is 1. The van der Waals surface area contributed by atoms with Gasteiger partial charge in [0.15, 0.2) is 5.82 Å². The lowest BCUT2D eigenvalue weighted by Gasteiger charge is -2.05. The van der Waals surface area contributed by atoms with Gasteiger partial charge in [0, 0.05) is 10.4 Å². The Morgan fingerprint density at radius 2 is 2.03 bits per heavy atom. The molecule has 0 saturated carbocycles. The summed E-state index contributed by atoms with van der Waals surface area (Å²) in [6.45, 7) is 2.01. The number of rotatable bonds is 5. The smallest absolute Gasteiger partial charge is 0.235 e. The first kappa shape index (κ1) is 20.4. The van der Waals surface area contributed by atoms with Crippen LogP contribution in [0.1, 0.15) is 40.8 Å². The number of nitriles is 1. The fraction of sp³-hybridized carbons (Fsp3) is 0.333. The molecule has 2 aromatic heterocycles. The predicted molar refractivity (Wildman–Crippen MR) is 120 cm³/mol. The number of thioether (sulfide) groups is 1. The number of nitrogens with one attached hydrogen (secondary N) is 1. The fourth-order valence-corrected chi connectivity index (χ4v) is 5.43. The molecule has 0 spiro atoms. The molecule has 1 amide bonds. The Morgan fingerprint density at radius 1 is 1.27 bits per heavy atom. The molecule has 0 unspecified atom stereocenters. The van der Waals surface area contributed by atoms with Gasteiger partial charge < -0.3 is 11.2 Å². The summed E-state index contributed by atoms with van der Waals surface area (Å²) in [7, 11) is 0. The molecule has 0 radical (unpaired) electrons. The minimum absolute atomic E-state index is 0.136. The highest BCUT2D eigenvalue weighted by atomic mass is 32.2. The van der Waals surface area contributed by atoms with Gasteiger partial charge in [-0.25, -0.2) is 4.68 Å². The summed E-state index contributed by atoms with van der Waals surface area (Å²) in [5, 5.41) is 21.9. The van der Waals surface area contributed by atoms with Crippen LogP contribution in [0.4, 0.5) is 5.00 Å². The number of aromatic nitrogens is 3. The number of hydrogen-bond acceptors (Lipinski definition) is 7. The molecule has 9 heteroatoms. The third-order valence-electron chi connectivity index (χ3n) is 5.09. The van der Waals surface area contributed by atoms with Gasteiger partial charge >= 0.3 is 0 Å². The molecule has 0 bridgehead atoms. The van der Waals surface area contributed by atoms with E-state index < -0.39 is 0 Å². The van der Waals surface area contributed by atoms with E-state index >= 15 is 0 Å². The van der Waals surface area contributed by atoms with Gasteiger partial charge in [0.05, 0.1) is 11.3 Å².